The van der Waals surface area contributed by atoms with Gasteiger partial charge in [0, 0.05) is 18.6 Å². The molecule has 2 N–H and O–H groups in total. The number of rotatable bonds is 3. The van der Waals surface area contributed by atoms with Crippen LogP contribution in [0.5, 0.6) is 0 Å². The molecule has 4 heteroatoms. The van der Waals surface area contributed by atoms with Gasteiger partial charge in [0.25, 0.3) is 0 Å². The first-order valence-corrected chi connectivity index (χ1v) is 3.82. The molecule has 1 aliphatic rings. The second-order valence-electron chi connectivity index (χ2n) is 2.65. The highest BCUT2D eigenvalue weighted by molar-refractivity contribution is 5.68. The number of nitrogens with one attached hydrogen (secondary N) is 1. The van der Waals surface area contributed by atoms with Gasteiger partial charge in [-0.2, -0.15) is 0 Å². The Morgan fingerprint density at radius 1 is 1.82 bits per heavy atom. The van der Waals surface area contributed by atoms with E-state index in [1.165, 1.54) is 0 Å². The largest absolute Gasteiger partial charge is 0.450 e. The SMILES string of the molecule is CCOC(=O)NC1CC1CO. The Labute approximate surface area is 65.5 Å². The van der Waals surface area contributed by atoms with Crippen molar-refractivity contribution in [1.29, 1.82) is 0 Å². The Morgan fingerprint density at radius 3 is 3.00 bits per heavy atom. The number of hydrogen-bond donors (Lipinski definition) is 2. The Morgan fingerprint density at radius 2 is 2.55 bits per heavy atom. The molecular formula is C7H13NO3. The maximum absolute atomic E-state index is 10.7. The minimum Gasteiger partial charge on any atom is -0.450 e. The lowest BCUT2D eigenvalue weighted by Crippen LogP contribution is -2.27. The van der Waals surface area contributed by atoms with Crippen molar-refractivity contribution in [2.45, 2.75) is 19.4 Å². The summed E-state index contributed by atoms with van der Waals surface area (Å²) in [5.74, 6) is 0.249. The highest BCUT2D eigenvalue weighted by Crippen LogP contribution is 2.29. The van der Waals surface area contributed by atoms with Crippen molar-refractivity contribution in [3.63, 3.8) is 0 Å². The lowest BCUT2D eigenvalue weighted by atomic mass is 10.4. The number of ether oxygens (including phenoxy) is 1. The van der Waals surface area contributed by atoms with Crippen molar-refractivity contribution < 1.29 is 14.6 Å². The van der Waals surface area contributed by atoms with E-state index in [9.17, 15) is 4.79 Å². The molecule has 2 unspecified atom stereocenters. The monoisotopic (exact) mass is 159 g/mol. The summed E-state index contributed by atoms with van der Waals surface area (Å²) in [6.45, 7) is 2.30. The number of aliphatic hydroxyl groups excluding tert-OH is 1. The van der Waals surface area contributed by atoms with E-state index in [-0.39, 0.29) is 24.7 Å². The van der Waals surface area contributed by atoms with Gasteiger partial charge in [-0.1, -0.05) is 0 Å². The summed E-state index contributed by atoms with van der Waals surface area (Å²) in [5, 5.41) is 11.3. The highest BCUT2D eigenvalue weighted by Gasteiger charge is 2.37. The molecule has 0 bridgehead atoms. The molecule has 0 radical (unpaired) electrons. The first-order valence-electron chi connectivity index (χ1n) is 3.82. The van der Waals surface area contributed by atoms with Crippen LogP contribution < -0.4 is 5.32 Å². The predicted octanol–water partition coefficient (Wildman–Crippen LogP) is 0.113. The lowest BCUT2D eigenvalue weighted by Gasteiger charge is -2.02. The number of alkyl carbamates (subject to hydrolysis) is 1. The molecule has 64 valence electrons. The first-order chi connectivity index (χ1) is 5.27. The summed E-state index contributed by atoms with van der Waals surface area (Å²) in [7, 11) is 0. The summed E-state index contributed by atoms with van der Waals surface area (Å²) >= 11 is 0. The van der Waals surface area contributed by atoms with Gasteiger partial charge in [0.05, 0.1) is 6.61 Å². The fourth-order valence-corrected chi connectivity index (χ4v) is 0.950. The van der Waals surface area contributed by atoms with Crippen molar-refractivity contribution in [2.24, 2.45) is 5.92 Å². The van der Waals surface area contributed by atoms with Crippen molar-refractivity contribution in [3.8, 4) is 0 Å². The van der Waals surface area contributed by atoms with Crippen molar-refractivity contribution in [1.82, 2.24) is 5.32 Å². The van der Waals surface area contributed by atoms with Crippen LogP contribution in [0.15, 0.2) is 0 Å². The molecule has 0 aromatic rings. The third-order valence-electron chi connectivity index (χ3n) is 1.74. The Hall–Kier alpha value is -0.770. The Kier molecular flexibility index (Phi) is 2.70. The minimum absolute atomic E-state index is 0.138. The molecular weight excluding hydrogens is 146 g/mol. The fraction of sp³-hybridized carbons (Fsp3) is 0.857. The number of amides is 1. The zero-order valence-corrected chi connectivity index (χ0v) is 6.54. The van der Waals surface area contributed by atoms with Crippen LogP contribution >= 0.6 is 0 Å². The van der Waals surface area contributed by atoms with Crippen LogP contribution in [0.25, 0.3) is 0 Å². The van der Waals surface area contributed by atoms with E-state index in [1.807, 2.05) is 0 Å². The average Bonchev–Trinajstić information content (AvgIpc) is 2.68. The summed E-state index contributed by atoms with van der Waals surface area (Å²) in [6, 6.07) is 0.138. The highest BCUT2D eigenvalue weighted by atomic mass is 16.5. The molecule has 1 aliphatic carbocycles. The molecule has 4 nitrogen and oxygen atoms in total. The van der Waals surface area contributed by atoms with Crippen LogP contribution in [0.3, 0.4) is 0 Å². The van der Waals surface area contributed by atoms with Crippen LogP contribution in [-0.2, 0) is 4.74 Å². The van der Waals surface area contributed by atoms with E-state index in [1.54, 1.807) is 6.92 Å². The van der Waals surface area contributed by atoms with E-state index in [0.29, 0.717) is 6.61 Å². The lowest BCUT2D eigenvalue weighted by molar-refractivity contribution is 0.150. The molecule has 0 aliphatic heterocycles. The number of hydrogen-bond acceptors (Lipinski definition) is 3. The zero-order valence-electron chi connectivity index (χ0n) is 6.54. The molecule has 1 rings (SSSR count). The van der Waals surface area contributed by atoms with Gasteiger partial charge in [-0.05, 0) is 13.3 Å². The van der Waals surface area contributed by atoms with Crippen LogP contribution in [0, 0.1) is 5.92 Å². The van der Waals surface area contributed by atoms with E-state index >= 15 is 0 Å². The second kappa shape index (κ2) is 3.57. The quantitative estimate of drug-likeness (QED) is 0.614. The second-order valence-corrected chi connectivity index (χ2v) is 2.65. The fourth-order valence-electron chi connectivity index (χ4n) is 0.950. The molecule has 11 heavy (non-hydrogen) atoms. The maximum atomic E-state index is 10.7. The van der Waals surface area contributed by atoms with Gasteiger partial charge >= 0.3 is 6.09 Å². The molecule has 0 aromatic carbocycles. The van der Waals surface area contributed by atoms with E-state index in [4.69, 9.17) is 5.11 Å². The van der Waals surface area contributed by atoms with Gasteiger partial charge in [-0.3, -0.25) is 0 Å². The van der Waals surface area contributed by atoms with Crippen LogP contribution in [-0.4, -0.2) is 30.5 Å². The molecule has 0 saturated heterocycles. The van der Waals surface area contributed by atoms with Crippen molar-refractivity contribution in [2.75, 3.05) is 13.2 Å². The number of aliphatic hydroxyl groups is 1. The summed E-state index contributed by atoms with van der Waals surface area (Å²) in [4.78, 5) is 10.7. The van der Waals surface area contributed by atoms with Crippen LogP contribution in [0.1, 0.15) is 13.3 Å². The molecule has 0 heterocycles. The van der Waals surface area contributed by atoms with Gasteiger partial charge in [0.1, 0.15) is 0 Å². The van der Waals surface area contributed by atoms with Gasteiger partial charge < -0.3 is 15.2 Å². The minimum atomic E-state index is -0.381. The molecule has 1 amide bonds. The standard InChI is InChI=1S/C7H13NO3/c1-2-11-7(10)8-6-3-5(6)4-9/h5-6,9H,2-4H2,1H3,(H,8,10). The predicted molar refractivity (Wildman–Crippen MR) is 39.1 cm³/mol. The molecule has 2 atom stereocenters. The number of carbonyl (C=O) groups is 1. The third-order valence-corrected chi connectivity index (χ3v) is 1.74. The smallest absolute Gasteiger partial charge is 0.407 e. The van der Waals surface area contributed by atoms with Gasteiger partial charge in [-0.25, -0.2) is 4.79 Å². The van der Waals surface area contributed by atoms with E-state index < -0.39 is 0 Å². The van der Waals surface area contributed by atoms with E-state index in [0.717, 1.165) is 6.42 Å². The van der Waals surface area contributed by atoms with Crippen LogP contribution in [0.4, 0.5) is 4.79 Å². The third kappa shape index (κ3) is 2.38. The van der Waals surface area contributed by atoms with Gasteiger partial charge in [0.2, 0.25) is 0 Å². The Bertz CT molecular complexity index is 149. The summed E-state index contributed by atoms with van der Waals surface area (Å²) in [6.07, 6.45) is 0.489. The normalized spacial score (nSPS) is 27.8. The van der Waals surface area contributed by atoms with Crippen molar-refractivity contribution >= 4 is 6.09 Å². The summed E-state index contributed by atoms with van der Waals surface area (Å²) < 4.78 is 4.65. The average molecular weight is 159 g/mol. The van der Waals surface area contributed by atoms with Gasteiger partial charge in [0.15, 0.2) is 0 Å². The van der Waals surface area contributed by atoms with Gasteiger partial charge in [-0.15, -0.1) is 0 Å². The Balaban J connectivity index is 2.08. The van der Waals surface area contributed by atoms with Crippen molar-refractivity contribution in [3.05, 3.63) is 0 Å². The van der Waals surface area contributed by atoms with E-state index in [2.05, 4.69) is 10.1 Å². The first kappa shape index (κ1) is 8.33. The van der Waals surface area contributed by atoms with Crippen LogP contribution in [0.2, 0.25) is 0 Å². The molecule has 0 aromatic heterocycles. The molecule has 1 saturated carbocycles. The maximum Gasteiger partial charge on any atom is 0.407 e. The topological polar surface area (TPSA) is 58.6 Å². The zero-order chi connectivity index (χ0) is 8.27. The number of carbonyl (C=O) groups excluding carboxylic acids is 1. The summed E-state index contributed by atoms with van der Waals surface area (Å²) in [5.41, 5.74) is 0. The molecule has 0 spiro atoms. The molecule has 1 fully saturated rings.